The Morgan fingerprint density at radius 2 is 1.94 bits per heavy atom. The van der Waals surface area contributed by atoms with Crippen molar-refractivity contribution in [2.24, 2.45) is 5.92 Å². The highest BCUT2D eigenvalue weighted by molar-refractivity contribution is 5.81. The zero-order valence-electron chi connectivity index (χ0n) is 18.5. The van der Waals surface area contributed by atoms with E-state index in [1.165, 1.54) is 23.1 Å². The minimum Gasteiger partial charge on any atom is -0.380 e. The summed E-state index contributed by atoms with van der Waals surface area (Å²) in [4.78, 5) is 18.3. The SMILES string of the molecule is O=c1c(CN2CCCOCC2)ccc2n1C[C@H]1C[C@@H]2CN(Cc2cccc3[nH]ncc23)C1. The largest absolute Gasteiger partial charge is 0.380 e. The summed E-state index contributed by atoms with van der Waals surface area (Å²) in [6, 6.07) is 10.7. The smallest absolute Gasteiger partial charge is 0.255 e. The van der Waals surface area contributed by atoms with E-state index in [2.05, 4.69) is 54.9 Å². The summed E-state index contributed by atoms with van der Waals surface area (Å²) in [6.45, 7) is 8.07. The van der Waals surface area contributed by atoms with Gasteiger partial charge in [0.1, 0.15) is 0 Å². The molecule has 0 amide bonds. The highest BCUT2D eigenvalue weighted by atomic mass is 16.5. The number of hydrogen-bond acceptors (Lipinski definition) is 5. The predicted molar refractivity (Wildman–Crippen MR) is 124 cm³/mol. The van der Waals surface area contributed by atoms with Crippen molar-refractivity contribution in [1.82, 2.24) is 24.6 Å². The maximum Gasteiger partial charge on any atom is 0.255 e. The van der Waals surface area contributed by atoms with Crippen LogP contribution in [-0.2, 0) is 24.4 Å². The number of fused-ring (bicyclic) bond motifs is 5. The molecule has 3 aliphatic rings. The number of hydrogen-bond donors (Lipinski definition) is 1. The molecule has 7 heteroatoms. The predicted octanol–water partition coefficient (Wildman–Crippen LogP) is 2.57. The number of ether oxygens (including phenoxy) is 1. The van der Waals surface area contributed by atoms with Crippen molar-refractivity contribution >= 4 is 10.9 Å². The van der Waals surface area contributed by atoms with Gasteiger partial charge in [0, 0.05) is 75.0 Å². The molecule has 1 N–H and O–H groups in total. The van der Waals surface area contributed by atoms with Crippen molar-refractivity contribution in [2.75, 3.05) is 39.4 Å². The monoisotopic (exact) mass is 433 g/mol. The van der Waals surface area contributed by atoms with Crippen LogP contribution in [0.2, 0.25) is 0 Å². The van der Waals surface area contributed by atoms with Gasteiger partial charge >= 0.3 is 0 Å². The Morgan fingerprint density at radius 1 is 1.00 bits per heavy atom. The molecule has 168 valence electrons. The van der Waals surface area contributed by atoms with Gasteiger partial charge in [-0.2, -0.15) is 5.10 Å². The van der Waals surface area contributed by atoms with Crippen molar-refractivity contribution in [3.63, 3.8) is 0 Å². The van der Waals surface area contributed by atoms with Crippen LogP contribution in [0.15, 0.2) is 41.3 Å². The van der Waals surface area contributed by atoms with Crippen LogP contribution in [-0.4, -0.2) is 64.0 Å². The lowest BCUT2D eigenvalue weighted by atomic mass is 9.82. The maximum absolute atomic E-state index is 13.4. The fourth-order valence-corrected chi connectivity index (χ4v) is 5.94. The van der Waals surface area contributed by atoms with E-state index in [9.17, 15) is 4.79 Å². The molecule has 0 saturated carbocycles. The third kappa shape index (κ3) is 3.78. The van der Waals surface area contributed by atoms with Gasteiger partial charge < -0.3 is 9.30 Å². The highest BCUT2D eigenvalue weighted by Crippen LogP contribution is 2.36. The molecule has 2 atom stereocenters. The van der Waals surface area contributed by atoms with Gasteiger partial charge in [-0.1, -0.05) is 18.2 Å². The second kappa shape index (κ2) is 8.46. The summed E-state index contributed by atoms with van der Waals surface area (Å²) in [5, 5.41) is 8.50. The van der Waals surface area contributed by atoms with Gasteiger partial charge in [-0.05, 0) is 36.5 Å². The number of benzene rings is 1. The van der Waals surface area contributed by atoms with Crippen molar-refractivity contribution in [3.8, 4) is 0 Å². The molecule has 0 unspecified atom stereocenters. The first-order valence-electron chi connectivity index (χ1n) is 11.9. The van der Waals surface area contributed by atoms with E-state index in [0.717, 1.165) is 76.5 Å². The van der Waals surface area contributed by atoms with Crippen molar-refractivity contribution < 1.29 is 4.74 Å². The molecule has 2 aromatic heterocycles. The van der Waals surface area contributed by atoms with Crippen LogP contribution < -0.4 is 5.56 Å². The molecule has 5 heterocycles. The van der Waals surface area contributed by atoms with Gasteiger partial charge in [-0.25, -0.2) is 0 Å². The van der Waals surface area contributed by atoms with Gasteiger partial charge in [-0.15, -0.1) is 0 Å². The number of likely N-dealkylation sites (tertiary alicyclic amines) is 1. The van der Waals surface area contributed by atoms with Gasteiger partial charge in [0.15, 0.2) is 0 Å². The van der Waals surface area contributed by atoms with E-state index in [1.54, 1.807) is 0 Å². The van der Waals surface area contributed by atoms with Crippen LogP contribution in [0.3, 0.4) is 0 Å². The topological polar surface area (TPSA) is 66.4 Å². The third-order valence-corrected chi connectivity index (χ3v) is 7.44. The number of pyridine rings is 1. The van der Waals surface area contributed by atoms with Crippen LogP contribution in [0.1, 0.15) is 35.6 Å². The van der Waals surface area contributed by atoms with Crippen molar-refractivity contribution in [3.05, 3.63) is 63.7 Å². The number of H-pyrrole nitrogens is 1. The Bertz CT molecular complexity index is 1160. The molecule has 2 saturated heterocycles. The quantitative estimate of drug-likeness (QED) is 0.685. The molecule has 0 spiro atoms. The highest BCUT2D eigenvalue weighted by Gasteiger charge is 2.35. The number of nitrogens with zero attached hydrogens (tertiary/aromatic N) is 4. The fourth-order valence-electron chi connectivity index (χ4n) is 5.94. The summed E-state index contributed by atoms with van der Waals surface area (Å²) in [5.41, 5.74) is 4.80. The van der Waals surface area contributed by atoms with E-state index in [4.69, 9.17) is 4.74 Å². The minimum absolute atomic E-state index is 0.221. The van der Waals surface area contributed by atoms with Crippen LogP contribution >= 0.6 is 0 Å². The lowest BCUT2D eigenvalue weighted by Crippen LogP contribution is -2.47. The van der Waals surface area contributed by atoms with Gasteiger partial charge in [-0.3, -0.25) is 19.7 Å². The Balaban J connectivity index is 1.21. The average molecular weight is 434 g/mol. The first-order valence-corrected chi connectivity index (χ1v) is 11.9. The zero-order chi connectivity index (χ0) is 21.5. The first-order chi connectivity index (χ1) is 15.7. The number of piperidine rings is 1. The van der Waals surface area contributed by atoms with E-state index in [0.29, 0.717) is 11.8 Å². The summed E-state index contributed by atoms with van der Waals surface area (Å²) >= 11 is 0. The maximum atomic E-state index is 13.4. The fraction of sp³-hybridized carbons (Fsp3) is 0.520. The Hall–Kier alpha value is -2.48. The Labute approximate surface area is 188 Å². The van der Waals surface area contributed by atoms with Crippen LogP contribution in [0.5, 0.6) is 0 Å². The molecule has 32 heavy (non-hydrogen) atoms. The average Bonchev–Trinajstić information content (AvgIpc) is 3.14. The molecule has 2 fully saturated rings. The molecular formula is C25H31N5O2. The minimum atomic E-state index is 0.221. The molecular weight excluding hydrogens is 402 g/mol. The molecule has 7 nitrogen and oxygen atoms in total. The summed E-state index contributed by atoms with van der Waals surface area (Å²) < 4.78 is 7.66. The molecule has 2 bridgehead atoms. The molecule has 3 aromatic rings. The number of rotatable bonds is 4. The van der Waals surface area contributed by atoms with E-state index >= 15 is 0 Å². The Morgan fingerprint density at radius 3 is 2.91 bits per heavy atom. The molecule has 3 aliphatic heterocycles. The zero-order valence-corrected chi connectivity index (χ0v) is 18.5. The molecule has 6 rings (SSSR count). The number of nitrogens with one attached hydrogen (secondary N) is 1. The van der Waals surface area contributed by atoms with E-state index < -0.39 is 0 Å². The summed E-state index contributed by atoms with van der Waals surface area (Å²) in [5.74, 6) is 0.962. The molecule has 0 radical (unpaired) electrons. The number of aromatic nitrogens is 3. The second-order valence-electron chi connectivity index (χ2n) is 9.68. The lowest BCUT2D eigenvalue weighted by Gasteiger charge is -2.43. The first kappa shape index (κ1) is 20.1. The van der Waals surface area contributed by atoms with Crippen LogP contribution in [0, 0.1) is 5.92 Å². The van der Waals surface area contributed by atoms with E-state index in [1.807, 2.05) is 6.20 Å². The normalized spacial score (nSPS) is 24.4. The van der Waals surface area contributed by atoms with Gasteiger partial charge in [0.25, 0.3) is 5.56 Å². The second-order valence-corrected chi connectivity index (χ2v) is 9.68. The number of aromatic amines is 1. The van der Waals surface area contributed by atoms with Gasteiger partial charge in [0.05, 0.1) is 18.3 Å². The standard InChI is InChI=1S/C25H31N5O2/c31-25-20(16-28-7-2-9-32-10-8-28)5-6-24-21-11-18(14-30(24)25)13-29(17-21)15-19-3-1-4-23-22(19)12-26-27-23/h1,3-6,12,18,21H,2,7-11,13-17H2,(H,26,27)/t18-,21+/m0/s1. The molecule has 0 aliphatic carbocycles. The van der Waals surface area contributed by atoms with Crippen molar-refractivity contribution in [2.45, 2.75) is 38.4 Å². The van der Waals surface area contributed by atoms with Crippen LogP contribution in [0.25, 0.3) is 10.9 Å². The summed E-state index contributed by atoms with van der Waals surface area (Å²) in [7, 11) is 0. The van der Waals surface area contributed by atoms with Crippen LogP contribution in [0.4, 0.5) is 0 Å². The Kier molecular flexibility index (Phi) is 5.33. The lowest BCUT2D eigenvalue weighted by molar-refractivity contribution is 0.114. The third-order valence-electron chi connectivity index (χ3n) is 7.44. The molecule has 1 aromatic carbocycles. The van der Waals surface area contributed by atoms with Crippen molar-refractivity contribution in [1.29, 1.82) is 0 Å². The summed E-state index contributed by atoms with van der Waals surface area (Å²) in [6.07, 6.45) is 4.16. The van der Waals surface area contributed by atoms with Gasteiger partial charge in [0.2, 0.25) is 0 Å². The van der Waals surface area contributed by atoms with E-state index in [-0.39, 0.29) is 5.56 Å².